The number of amides is 3. The van der Waals surface area contributed by atoms with Crippen LogP contribution in [-0.2, 0) is 9.59 Å². The highest BCUT2D eigenvalue weighted by Crippen LogP contribution is 2.21. The fraction of sp³-hybridized carbons (Fsp3) is 0.375. The first kappa shape index (κ1) is 21.6. The van der Waals surface area contributed by atoms with Gasteiger partial charge in [-0.2, -0.15) is 0 Å². The molecule has 1 fully saturated rings. The number of carbonyl (C=O) groups excluding carboxylic acids is 3. The zero-order valence-electron chi connectivity index (χ0n) is 17.8. The van der Waals surface area contributed by atoms with E-state index >= 15 is 0 Å². The van der Waals surface area contributed by atoms with Crippen LogP contribution >= 0.6 is 0 Å². The van der Waals surface area contributed by atoms with E-state index in [0.29, 0.717) is 24.3 Å². The van der Waals surface area contributed by atoms with Gasteiger partial charge in [0.15, 0.2) is 0 Å². The van der Waals surface area contributed by atoms with Crippen LogP contribution in [0.4, 0.5) is 11.4 Å². The summed E-state index contributed by atoms with van der Waals surface area (Å²) in [5, 5.41) is 5.79. The number of rotatable bonds is 7. The molecule has 0 spiro atoms. The van der Waals surface area contributed by atoms with Gasteiger partial charge in [0.05, 0.1) is 5.92 Å². The molecule has 1 saturated heterocycles. The van der Waals surface area contributed by atoms with Crippen molar-refractivity contribution in [3.63, 3.8) is 0 Å². The van der Waals surface area contributed by atoms with Crippen LogP contribution < -0.4 is 10.6 Å². The molecule has 2 aromatic rings. The second-order valence-electron chi connectivity index (χ2n) is 7.93. The summed E-state index contributed by atoms with van der Waals surface area (Å²) < 4.78 is 0. The fourth-order valence-electron chi connectivity index (χ4n) is 3.53. The Hall–Kier alpha value is -3.15. The normalized spacial score (nSPS) is 15.9. The van der Waals surface area contributed by atoms with Crippen LogP contribution in [0.25, 0.3) is 0 Å². The summed E-state index contributed by atoms with van der Waals surface area (Å²) in [5.74, 6) is -0.645. The molecule has 1 aliphatic heterocycles. The zero-order chi connectivity index (χ0) is 21.7. The van der Waals surface area contributed by atoms with Gasteiger partial charge in [-0.3, -0.25) is 14.4 Å². The summed E-state index contributed by atoms with van der Waals surface area (Å²) in [6, 6.07) is 12.7. The summed E-state index contributed by atoms with van der Waals surface area (Å²) in [5.41, 5.74) is 3.99. The van der Waals surface area contributed by atoms with Gasteiger partial charge in [0.2, 0.25) is 11.8 Å². The SMILES string of the molecule is CCCCN1C[C@@H](C(=O)Nc2ccc(C(=O)Nc3cc(C)ccc3C)cc2)CC1=O. The van der Waals surface area contributed by atoms with Crippen molar-refractivity contribution in [2.45, 2.75) is 40.0 Å². The second-order valence-corrected chi connectivity index (χ2v) is 7.93. The molecule has 0 bridgehead atoms. The van der Waals surface area contributed by atoms with Crippen molar-refractivity contribution in [2.24, 2.45) is 5.92 Å². The third-order valence-electron chi connectivity index (χ3n) is 5.42. The molecule has 3 amide bonds. The fourth-order valence-corrected chi connectivity index (χ4v) is 3.53. The van der Waals surface area contributed by atoms with Gasteiger partial charge in [-0.25, -0.2) is 0 Å². The van der Waals surface area contributed by atoms with E-state index in [2.05, 4.69) is 17.6 Å². The number of aryl methyl sites for hydroxylation is 2. The Morgan fingerprint density at radius 2 is 1.80 bits per heavy atom. The average Bonchev–Trinajstić information content (AvgIpc) is 3.10. The van der Waals surface area contributed by atoms with E-state index in [1.807, 2.05) is 32.0 Å². The molecule has 0 saturated carbocycles. The minimum Gasteiger partial charge on any atom is -0.342 e. The van der Waals surface area contributed by atoms with E-state index in [1.165, 1.54) is 0 Å². The molecule has 6 nitrogen and oxygen atoms in total. The molecule has 0 aliphatic carbocycles. The van der Waals surface area contributed by atoms with Gasteiger partial charge in [0.25, 0.3) is 5.91 Å². The van der Waals surface area contributed by atoms with Crippen LogP contribution in [0, 0.1) is 19.8 Å². The number of unbranched alkanes of at least 4 members (excludes halogenated alkanes) is 1. The standard InChI is InChI=1S/C24H29N3O3/c1-4-5-12-27-15-19(14-22(27)28)24(30)25-20-10-8-18(9-11-20)23(29)26-21-13-16(2)6-7-17(21)3/h6-11,13,19H,4-5,12,14-15H2,1-3H3,(H,25,30)(H,26,29)/t19-/m0/s1. The largest absolute Gasteiger partial charge is 0.342 e. The third-order valence-corrected chi connectivity index (χ3v) is 5.42. The maximum atomic E-state index is 12.5. The summed E-state index contributed by atoms with van der Waals surface area (Å²) in [7, 11) is 0. The van der Waals surface area contributed by atoms with Crippen LogP contribution in [0.3, 0.4) is 0 Å². The van der Waals surface area contributed by atoms with Crippen molar-refractivity contribution in [2.75, 3.05) is 23.7 Å². The lowest BCUT2D eigenvalue weighted by Gasteiger charge is -2.16. The Kier molecular flexibility index (Phi) is 6.87. The molecule has 1 heterocycles. The molecule has 2 aromatic carbocycles. The number of hydrogen-bond acceptors (Lipinski definition) is 3. The lowest BCUT2D eigenvalue weighted by atomic mass is 10.1. The van der Waals surface area contributed by atoms with Crippen molar-refractivity contribution < 1.29 is 14.4 Å². The Morgan fingerprint density at radius 3 is 2.50 bits per heavy atom. The molecule has 6 heteroatoms. The first-order chi connectivity index (χ1) is 14.4. The molecule has 0 unspecified atom stereocenters. The number of anilines is 2. The molecule has 2 N–H and O–H groups in total. The zero-order valence-corrected chi connectivity index (χ0v) is 17.8. The maximum Gasteiger partial charge on any atom is 0.255 e. The first-order valence-electron chi connectivity index (χ1n) is 10.4. The smallest absolute Gasteiger partial charge is 0.255 e. The number of carbonyl (C=O) groups is 3. The molecular weight excluding hydrogens is 378 g/mol. The van der Waals surface area contributed by atoms with Crippen molar-refractivity contribution in [3.8, 4) is 0 Å². The Balaban J connectivity index is 1.58. The Morgan fingerprint density at radius 1 is 1.07 bits per heavy atom. The van der Waals surface area contributed by atoms with Gasteiger partial charge in [0, 0.05) is 36.4 Å². The maximum absolute atomic E-state index is 12.5. The van der Waals surface area contributed by atoms with E-state index in [4.69, 9.17) is 0 Å². The highest BCUT2D eigenvalue weighted by molar-refractivity contribution is 6.05. The highest BCUT2D eigenvalue weighted by Gasteiger charge is 2.33. The van der Waals surface area contributed by atoms with Crippen molar-refractivity contribution in [1.29, 1.82) is 0 Å². The summed E-state index contributed by atoms with van der Waals surface area (Å²) in [4.78, 5) is 38.9. The summed E-state index contributed by atoms with van der Waals surface area (Å²) >= 11 is 0. The van der Waals surface area contributed by atoms with E-state index < -0.39 is 0 Å². The number of benzene rings is 2. The minimum atomic E-state index is -0.332. The van der Waals surface area contributed by atoms with Crippen molar-refractivity contribution in [1.82, 2.24) is 4.90 Å². The molecule has 158 valence electrons. The predicted octanol–water partition coefficient (Wildman–Crippen LogP) is 4.14. The van der Waals surface area contributed by atoms with Gasteiger partial charge in [-0.1, -0.05) is 25.5 Å². The number of likely N-dealkylation sites (tertiary alicyclic amines) is 1. The van der Waals surface area contributed by atoms with Crippen molar-refractivity contribution >= 4 is 29.1 Å². The highest BCUT2D eigenvalue weighted by atomic mass is 16.2. The predicted molar refractivity (Wildman–Crippen MR) is 119 cm³/mol. The van der Waals surface area contributed by atoms with Crippen LogP contribution in [0.2, 0.25) is 0 Å². The number of nitrogens with zero attached hydrogens (tertiary/aromatic N) is 1. The van der Waals surface area contributed by atoms with Gasteiger partial charge in [0.1, 0.15) is 0 Å². The van der Waals surface area contributed by atoms with Gasteiger partial charge in [-0.15, -0.1) is 0 Å². The molecule has 0 radical (unpaired) electrons. The Labute approximate surface area is 177 Å². The van der Waals surface area contributed by atoms with Gasteiger partial charge < -0.3 is 15.5 Å². The van der Waals surface area contributed by atoms with Gasteiger partial charge >= 0.3 is 0 Å². The van der Waals surface area contributed by atoms with Crippen LogP contribution in [0.5, 0.6) is 0 Å². The van der Waals surface area contributed by atoms with E-state index in [1.54, 1.807) is 29.2 Å². The minimum absolute atomic E-state index is 0.0436. The van der Waals surface area contributed by atoms with Crippen LogP contribution in [0.1, 0.15) is 47.7 Å². The first-order valence-corrected chi connectivity index (χ1v) is 10.4. The quantitative estimate of drug-likeness (QED) is 0.724. The topological polar surface area (TPSA) is 78.5 Å². The average molecular weight is 408 g/mol. The van der Waals surface area contributed by atoms with Gasteiger partial charge in [-0.05, 0) is 61.7 Å². The van der Waals surface area contributed by atoms with Crippen molar-refractivity contribution in [3.05, 3.63) is 59.2 Å². The number of hydrogen-bond donors (Lipinski definition) is 2. The van der Waals surface area contributed by atoms with Crippen LogP contribution in [-0.4, -0.2) is 35.7 Å². The third kappa shape index (κ3) is 5.26. The van der Waals surface area contributed by atoms with E-state index in [9.17, 15) is 14.4 Å². The van der Waals surface area contributed by atoms with E-state index in [-0.39, 0.29) is 30.1 Å². The molecular formula is C24H29N3O3. The number of nitrogens with one attached hydrogen (secondary N) is 2. The van der Waals surface area contributed by atoms with Crippen LogP contribution in [0.15, 0.2) is 42.5 Å². The molecule has 0 aromatic heterocycles. The monoisotopic (exact) mass is 407 g/mol. The Bertz CT molecular complexity index is 937. The summed E-state index contributed by atoms with van der Waals surface area (Å²) in [6.45, 7) is 7.19. The van der Waals surface area contributed by atoms with E-state index in [0.717, 1.165) is 29.7 Å². The second kappa shape index (κ2) is 9.57. The lowest BCUT2D eigenvalue weighted by Crippen LogP contribution is -2.29. The molecule has 30 heavy (non-hydrogen) atoms. The molecule has 1 aliphatic rings. The lowest BCUT2D eigenvalue weighted by molar-refractivity contribution is -0.128. The summed E-state index contributed by atoms with van der Waals surface area (Å²) in [6.07, 6.45) is 2.22. The molecule has 3 rings (SSSR count). The molecule has 1 atom stereocenters.